The lowest BCUT2D eigenvalue weighted by atomic mass is 10.2. The summed E-state index contributed by atoms with van der Waals surface area (Å²) in [7, 11) is 0. The first-order valence-corrected chi connectivity index (χ1v) is 9.99. The van der Waals surface area contributed by atoms with Crippen molar-refractivity contribution < 1.29 is 4.74 Å². The minimum atomic E-state index is 0.546. The first-order valence-electron chi connectivity index (χ1n) is 9.99. The van der Waals surface area contributed by atoms with Crippen molar-refractivity contribution >= 4 is 17.1 Å². The van der Waals surface area contributed by atoms with E-state index >= 15 is 0 Å². The van der Waals surface area contributed by atoms with E-state index in [0.29, 0.717) is 6.61 Å². The molecule has 0 N–H and O–H groups in total. The van der Waals surface area contributed by atoms with E-state index in [0.717, 1.165) is 41.3 Å². The van der Waals surface area contributed by atoms with Gasteiger partial charge in [0, 0.05) is 0 Å². The summed E-state index contributed by atoms with van der Waals surface area (Å²) >= 11 is 0. The Kier molecular flexibility index (Phi) is 8.08. The summed E-state index contributed by atoms with van der Waals surface area (Å²) < 4.78 is 5.79. The van der Waals surface area contributed by atoms with Crippen molar-refractivity contribution in [1.29, 1.82) is 0 Å². The molecule has 0 bridgehead atoms. The molecule has 0 radical (unpaired) electrons. The van der Waals surface area contributed by atoms with Gasteiger partial charge >= 0.3 is 0 Å². The Bertz CT molecular complexity index is 904. The molecule has 0 aliphatic carbocycles. The van der Waals surface area contributed by atoms with Gasteiger partial charge in [0.1, 0.15) is 12.4 Å². The van der Waals surface area contributed by atoms with E-state index in [4.69, 9.17) is 4.74 Å². The first-order chi connectivity index (χ1) is 14.3. The zero-order valence-electron chi connectivity index (χ0n) is 16.7. The van der Waals surface area contributed by atoms with E-state index in [1.807, 2.05) is 78.9 Å². The molecule has 0 unspecified atom stereocenters. The molecule has 29 heavy (non-hydrogen) atoms. The fourth-order valence-electron chi connectivity index (χ4n) is 2.62. The molecule has 0 heterocycles. The number of azo groups is 2. The van der Waals surface area contributed by atoms with Crippen molar-refractivity contribution in [2.24, 2.45) is 20.5 Å². The SMILES string of the molecule is CCCCCN=Nc1ccc(/N=N/c2ccc(OCc3ccccc3)cc2)cc1. The summed E-state index contributed by atoms with van der Waals surface area (Å²) in [5.74, 6) is 0.807. The lowest BCUT2D eigenvalue weighted by molar-refractivity contribution is 0.306. The lowest BCUT2D eigenvalue weighted by Crippen LogP contribution is -1.94. The summed E-state index contributed by atoms with van der Waals surface area (Å²) in [6.45, 7) is 3.50. The zero-order chi connectivity index (χ0) is 20.2. The molecule has 0 atom stereocenters. The predicted molar refractivity (Wildman–Crippen MR) is 117 cm³/mol. The molecule has 0 aliphatic heterocycles. The Labute approximate surface area is 172 Å². The van der Waals surface area contributed by atoms with Gasteiger partial charge in [0.25, 0.3) is 0 Å². The van der Waals surface area contributed by atoms with E-state index in [9.17, 15) is 0 Å². The Balaban J connectivity index is 1.49. The Morgan fingerprint density at radius 3 is 1.86 bits per heavy atom. The van der Waals surface area contributed by atoms with Crippen LogP contribution in [0.5, 0.6) is 5.75 Å². The smallest absolute Gasteiger partial charge is 0.119 e. The van der Waals surface area contributed by atoms with Gasteiger partial charge in [-0.3, -0.25) is 0 Å². The second-order valence-electron chi connectivity index (χ2n) is 6.66. The first kappa shape index (κ1) is 20.4. The quantitative estimate of drug-likeness (QED) is 0.257. The largest absolute Gasteiger partial charge is 0.489 e. The molecule has 5 heteroatoms. The van der Waals surface area contributed by atoms with Crippen molar-refractivity contribution in [3.63, 3.8) is 0 Å². The van der Waals surface area contributed by atoms with Gasteiger partial charge in [-0.25, -0.2) is 0 Å². The molecule has 148 valence electrons. The van der Waals surface area contributed by atoms with Crippen LogP contribution in [-0.2, 0) is 6.61 Å². The van der Waals surface area contributed by atoms with Gasteiger partial charge in [-0.05, 0) is 60.5 Å². The molecule has 5 nitrogen and oxygen atoms in total. The number of nitrogens with zero attached hydrogens (tertiary/aromatic N) is 4. The zero-order valence-corrected chi connectivity index (χ0v) is 16.7. The van der Waals surface area contributed by atoms with E-state index in [1.165, 1.54) is 12.8 Å². The number of unbranched alkanes of at least 4 members (excludes halogenated alkanes) is 2. The van der Waals surface area contributed by atoms with E-state index in [2.05, 4.69) is 27.4 Å². The van der Waals surface area contributed by atoms with Gasteiger partial charge in [0.2, 0.25) is 0 Å². The molecule has 0 saturated heterocycles. The number of hydrogen-bond donors (Lipinski definition) is 0. The van der Waals surface area contributed by atoms with E-state index in [1.54, 1.807) is 0 Å². The minimum Gasteiger partial charge on any atom is -0.489 e. The molecule has 3 aromatic carbocycles. The third-order valence-corrected chi connectivity index (χ3v) is 4.26. The standard InChI is InChI=1S/C24H26N4O/c1-2-3-7-18-25-26-21-10-12-22(13-11-21)27-28-23-14-16-24(17-15-23)29-19-20-8-5-4-6-9-20/h4-6,8-17H,2-3,7,18-19H2,1H3/b26-25?,28-27+. The molecular weight excluding hydrogens is 360 g/mol. The van der Waals surface area contributed by atoms with Gasteiger partial charge in [0.05, 0.1) is 23.6 Å². The van der Waals surface area contributed by atoms with Crippen LogP contribution in [-0.4, -0.2) is 6.54 Å². The maximum absolute atomic E-state index is 5.79. The highest BCUT2D eigenvalue weighted by atomic mass is 16.5. The highest BCUT2D eigenvalue weighted by molar-refractivity contribution is 5.47. The van der Waals surface area contributed by atoms with Crippen molar-refractivity contribution in [2.45, 2.75) is 32.8 Å². The van der Waals surface area contributed by atoms with Gasteiger partial charge in [-0.1, -0.05) is 50.1 Å². The van der Waals surface area contributed by atoms with Crippen LogP contribution in [0.25, 0.3) is 0 Å². The van der Waals surface area contributed by atoms with E-state index < -0.39 is 0 Å². The number of hydrogen-bond acceptors (Lipinski definition) is 5. The van der Waals surface area contributed by atoms with Crippen LogP contribution >= 0.6 is 0 Å². The molecule has 0 aliphatic rings. The third kappa shape index (κ3) is 7.30. The average molecular weight is 386 g/mol. The molecule has 0 spiro atoms. The van der Waals surface area contributed by atoms with Crippen LogP contribution in [0.2, 0.25) is 0 Å². The van der Waals surface area contributed by atoms with Crippen molar-refractivity contribution in [1.82, 2.24) is 0 Å². The van der Waals surface area contributed by atoms with Gasteiger partial charge in [0.15, 0.2) is 0 Å². The van der Waals surface area contributed by atoms with E-state index in [-0.39, 0.29) is 0 Å². The predicted octanol–water partition coefficient (Wildman–Crippen LogP) is 7.95. The Morgan fingerprint density at radius 2 is 1.24 bits per heavy atom. The maximum Gasteiger partial charge on any atom is 0.119 e. The summed E-state index contributed by atoms with van der Waals surface area (Å²) in [6, 6.07) is 25.3. The summed E-state index contributed by atoms with van der Waals surface area (Å²) in [5, 5.41) is 17.0. The lowest BCUT2D eigenvalue weighted by Gasteiger charge is -2.06. The van der Waals surface area contributed by atoms with Gasteiger partial charge in [-0.2, -0.15) is 20.5 Å². The molecule has 0 fully saturated rings. The molecule has 0 aromatic heterocycles. The molecular formula is C24H26N4O. The van der Waals surface area contributed by atoms with Crippen molar-refractivity contribution in [3.8, 4) is 5.75 Å². The summed E-state index contributed by atoms with van der Waals surface area (Å²) in [6.07, 6.45) is 3.47. The fraction of sp³-hybridized carbons (Fsp3) is 0.250. The van der Waals surface area contributed by atoms with Crippen LogP contribution < -0.4 is 4.74 Å². The topological polar surface area (TPSA) is 58.7 Å². The normalized spacial score (nSPS) is 11.3. The summed E-state index contributed by atoms with van der Waals surface area (Å²) in [4.78, 5) is 0. The highest BCUT2D eigenvalue weighted by Gasteiger charge is 1.97. The van der Waals surface area contributed by atoms with Gasteiger partial charge < -0.3 is 4.74 Å². The Hall–Kier alpha value is -3.34. The third-order valence-electron chi connectivity index (χ3n) is 4.26. The molecule has 3 aromatic rings. The van der Waals surface area contributed by atoms with Crippen molar-refractivity contribution in [3.05, 3.63) is 84.4 Å². The van der Waals surface area contributed by atoms with Crippen LogP contribution in [0.3, 0.4) is 0 Å². The molecule has 0 saturated carbocycles. The second kappa shape index (κ2) is 11.5. The van der Waals surface area contributed by atoms with Crippen LogP contribution in [0.15, 0.2) is 99.3 Å². The summed E-state index contributed by atoms with van der Waals surface area (Å²) in [5.41, 5.74) is 3.52. The van der Waals surface area contributed by atoms with Crippen molar-refractivity contribution in [2.75, 3.05) is 6.54 Å². The van der Waals surface area contributed by atoms with Gasteiger partial charge in [-0.15, -0.1) is 0 Å². The average Bonchev–Trinajstić information content (AvgIpc) is 2.78. The molecule has 3 rings (SSSR count). The maximum atomic E-state index is 5.79. The molecule has 0 amide bonds. The fourth-order valence-corrected chi connectivity index (χ4v) is 2.62. The van der Waals surface area contributed by atoms with Crippen LogP contribution in [0.4, 0.5) is 17.1 Å². The number of ether oxygens (including phenoxy) is 1. The van der Waals surface area contributed by atoms with Crippen LogP contribution in [0, 0.1) is 0 Å². The minimum absolute atomic E-state index is 0.546. The Morgan fingerprint density at radius 1 is 0.655 bits per heavy atom. The monoisotopic (exact) mass is 386 g/mol. The van der Waals surface area contributed by atoms with Crippen LogP contribution in [0.1, 0.15) is 31.7 Å². The second-order valence-corrected chi connectivity index (χ2v) is 6.66. The number of benzene rings is 3. The highest BCUT2D eigenvalue weighted by Crippen LogP contribution is 2.23. The number of rotatable bonds is 10.